The van der Waals surface area contributed by atoms with Gasteiger partial charge in [-0.25, -0.2) is 14.8 Å². The predicted octanol–water partition coefficient (Wildman–Crippen LogP) is -0.464. The van der Waals surface area contributed by atoms with E-state index in [2.05, 4.69) is 19.4 Å². The highest BCUT2D eigenvalue weighted by Crippen LogP contribution is 2.17. The Morgan fingerprint density at radius 2 is 1.96 bits per heavy atom. The minimum atomic E-state index is -0.342. The number of fused-ring (bicyclic) bond motifs is 3. The van der Waals surface area contributed by atoms with Crippen molar-refractivity contribution in [3.05, 3.63) is 45.4 Å². The van der Waals surface area contributed by atoms with Crippen LogP contribution in [-0.2, 0) is 33.7 Å². The van der Waals surface area contributed by atoms with E-state index < -0.39 is 0 Å². The molecule has 0 aliphatic carbocycles. The van der Waals surface area contributed by atoms with Crippen LogP contribution in [0.3, 0.4) is 0 Å². The van der Waals surface area contributed by atoms with Gasteiger partial charge in [0, 0.05) is 52.7 Å². The topological polar surface area (TPSA) is 82.9 Å². The second-order valence-electron chi connectivity index (χ2n) is 6.49. The number of aromatic nitrogens is 6. The molecule has 3 aromatic heterocycles. The zero-order valence-electron chi connectivity index (χ0n) is 14.4. The highest BCUT2D eigenvalue weighted by atomic mass is 16.2. The van der Waals surface area contributed by atoms with Gasteiger partial charge in [-0.05, 0) is 6.42 Å². The number of rotatable bonds is 4. The third-order valence-electron chi connectivity index (χ3n) is 4.88. The summed E-state index contributed by atoms with van der Waals surface area (Å²) in [5, 5.41) is 0. The molecular formula is C16H21N7O2. The number of aryl methyl sites for hydroxylation is 2. The molecule has 0 amide bonds. The molecule has 0 aromatic carbocycles. The molecule has 1 aliphatic rings. The molecule has 0 N–H and O–H groups in total. The van der Waals surface area contributed by atoms with Gasteiger partial charge < -0.3 is 9.13 Å². The molecule has 4 heterocycles. The van der Waals surface area contributed by atoms with Gasteiger partial charge in [-0.2, -0.15) is 0 Å². The van der Waals surface area contributed by atoms with Crippen LogP contribution in [-0.4, -0.2) is 46.2 Å². The molecule has 0 saturated carbocycles. The van der Waals surface area contributed by atoms with Crippen molar-refractivity contribution < 1.29 is 0 Å². The fourth-order valence-corrected chi connectivity index (χ4v) is 3.46. The number of nitrogens with zero attached hydrogens (tertiary/aromatic N) is 7. The molecular weight excluding hydrogens is 322 g/mol. The molecule has 9 heteroatoms. The van der Waals surface area contributed by atoms with E-state index in [1.54, 1.807) is 13.2 Å². The molecule has 25 heavy (non-hydrogen) atoms. The zero-order valence-corrected chi connectivity index (χ0v) is 14.4. The van der Waals surface area contributed by atoms with Crippen molar-refractivity contribution >= 4 is 11.2 Å². The van der Waals surface area contributed by atoms with Gasteiger partial charge in [-0.3, -0.25) is 18.8 Å². The van der Waals surface area contributed by atoms with Gasteiger partial charge in [0.2, 0.25) is 0 Å². The summed E-state index contributed by atoms with van der Waals surface area (Å²) in [6, 6.07) is 0. The molecule has 0 spiro atoms. The minimum Gasteiger partial charge on any atom is -0.337 e. The first-order valence-corrected chi connectivity index (χ1v) is 8.39. The lowest BCUT2D eigenvalue weighted by Crippen LogP contribution is -2.39. The Balaban J connectivity index is 1.57. The van der Waals surface area contributed by atoms with Crippen LogP contribution >= 0.6 is 0 Å². The summed E-state index contributed by atoms with van der Waals surface area (Å²) in [4.78, 5) is 35.5. The Morgan fingerprint density at radius 3 is 2.72 bits per heavy atom. The molecule has 9 nitrogen and oxygen atoms in total. The number of hydrogen-bond donors (Lipinski definition) is 0. The summed E-state index contributed by atoms with van der Waals surface area (Å²) in [5.41, 5.74) is 0.386. The molecule has 0 unspecified atom stereocenters. The lowest BCUT2D eigenvalue weighted by atomic mass is 10.3. The Hall–Kier alpha value is -2.68. The SMILES string of the molecule is Cn1c(=O)c2c(nc3n2CCN(CCCn2ccnc2)C3)n(C)c1=O. The van der Waals surface area contributed by atoms with E-state index in [4.69, 9.17) is 0 Å². The van der Waals surface area contributed by atoms with Crippen molar-refractivity contribution in [1.29, 1.82) is 0 Å². The molecule has 0 fully saturated rings. The summed E-state index contributed by atoms with van der Waals surface area (Å²) in [6.07, 6.45) is 6.60. The fraction of sp³-hybridized carbons (Fsp3) is 0.500. The molecule has 0 bridgehead atoms. The van der Waals surface area contributed by atoms with Crippen LogP contribution in [0.4, 0.5) is 0 Å². The smallest absolute Gasteiger partial charge is 0.332 e. The van der Waals surface area contributed by atoms with Crippen molar-refractivity contribution in [2.75, 3.05) is 13.1 Å². The van der Waals surface area contributed by atoms with Gasteiger partial charge in [0.25, 0.3) is 5.56 Å². The second-order valence-corrected chi connectivity index (χ2v) is 6.49. The molecule has 0 atom stereocenters. The Bertz CT molecular complexity index is 1030. The van der Waals surface area contributed by atoms with E-state index in [-0.39, 0.29) is 11.2 Å². The first kappa shape index (κ1) is 15.8. The second kappa shape index (κ2) is 5.99. The van der Waals surface area contributed by atoms with Gasteiger partial charge in [-0.1, -0.05) is 0 Å². The van der Waals surface area contributed by atoms with Gasteiger partial charge >= 0.3 is 5.69 Å². The van der Waals surface area contributed by atoms with Crippen LogP contribution < -0.4 is 11.2 Å². The first-order chi connectivity index (χ1) is 12.1. The van der Waals surface area contributed by atoms with Crippen molar-refractivity contribution in [3.8, 4) is 0 Å². The first-order valence-electron chi connectivity index (χ1n) is 8.39. The van der Waals surface area contributed by atoms with Crippen molar-refractivity contribution in [1.82, 2.24) is 33.1 Å². The normalized spacial score (nSPS) is 15.0. The van der Waals surface area contributed by atoms with E-state index in [9.17, 15) is 9.59 Å². The van der Waals surface area contributed by atoms with E-state index in [1.807, 2.05) is 17.1 Å². The van der Waals surface area contributed by atoms with E-state index in [0.29, 0.717) is 24.3 Å². The quantitative estimate of drug-likeness (QED) is 0.640. The zero-order chi connectivity index (χ0) is 17.6. The Morgan fingerprint density at radius 1 is 1.12 bits per heavy atom. The van der Waals surface area contributed by atoms with Crippen LogP contribution in [0, 0.1) is 0 Å². The van der Waals surface area contributed by atoms with Crippen molar-refractivity contribution in [2.45, 2.75) is 26.1 Å². The Kier molecular flexibility index (Phi) is 3.79. The molecule has 3 aromatic rings. The maximum atomic E-state index is 12.5. The van der Waals surface area contributed by atoms with Crippen LogP contribution in [0.25, 0.3) is 11.2 Å². The predicted molar refractivity (Wildman–Crippen MR) is 92.3 cm³/mol. The molecule has 1 aliphatic heterocycles. The van der Waals surface area contributed by atoms with Crippen LogP contribution in [0.5, 0.6) is 0 Å². The highest BCUT2D eigenvalue weighted by Gasteiger charge is 2.23. The lowest BCUT2D eigenvalue weighted by molar-refractivity contribution is 0.213. The fourth-order valence-electron chi connectivity index (χ4n) is 3.46. The Labute approximate surface area is 143 Å². The standard InChI is InChI=1S/C16H21N7O2/c1-19-14-13(15(24)20(2)16(19)25)23-9-8-21(10-12(23)18-14)5-3-6-22-7-4-17-11-22/h4,7,11H,3,5-6,8-10H2,1-2H3. The summed E-state index contributed by atoms with van der Waals surface area (Å²) in [6.45, 7) is 4.16. The maximum Gasteiger partial charge on any atom is 0.332 e. The minimum absolute atomic E-state index is 0.273. The molecule has 0 radical (unpaired) electrons. The highest BCUT2D eigenvalue weighted by molar-refractivity contribution is 5.71. The maximum absolute atomic E-state index is 12.5. The van der Waals surface area contributed by atoms with Gasteiger partial charge in [-0.15, -0.1) is 0 Å². The summed E-state index contributed by atoms with van der Waals surface area (Å²) in [7, 11) is 3.17. The van der Waals surface area contributed by atoms with E-state index in [0.717, 1.165) is 36.4 Å². The summed E-state index contributed by atoms with van der Waals surface area (Å²) in [5.74, 6) is 0.849. The third-order valence-corrected chi connectivity index (χ3v) is 4.88. The largest absolute Gasteiger partial charge is 0.337 e. The number of hydrogen-bond acceptors (Lipinski definition) is 5. The van der Waals surface area contributed by atoms with Gasteiger partial charge in [0.05, 0.1) is 12.9 Å². The van der Waals surface area contributed by atoms with Crippen molar-refractivity contribution in [2.24, 2.45) is 14.1 Å². The molecule has 4 rings (SSSR count). The summed E-state index contributed by atoms with van der Waals surface area (Å²) >= 11 is 0. The van der Waals surface area contributed by atoms with Gasteiger partial charge in [0.1, 0.15) is 5.82 Å². The van der Waals surface area contributed by atoms with Crippen molar-refractivity contribution in [3.63, 3.8) is 0 Å². The lowest BCUT2D eigenvalue weighted by Gasteiger charge is -2.27. The summed E-state index contributed by atoms with van der Waals surface area (Å²) < 4.78 is 6.63. The monoisotopic (exact) mass is 343 g/mol. The third kappa shape index (κ3) is 2.60. The van der Waals surface area contributed by atoms with E-state index >= 15 is 0 Å². The average molecular weight is 343 g/mol. The van der Waals surface area contributed by atoms with Gasteiger partial charge in [0.15, 0.2) is 11.2 Å². The molecule has 132 valence electrons. The van der Waals surface area contributed by atoms with Crippen LogP contribution in [0.1, 0.15) is 12.2 Å². The number of imidazole rings is 2. The molecule has 0 saturated heterocycles. The van der Waals surface area contributed by atoms with Crippen LogP contribution in [0.15, 0.2) is 28.3 Å². The van der Waals surface area contributed by atoms with E-state index in [1.165, 1.54) is 11.6 Å². The average Bonchev–Trinajstić information content (AvgIpc) is 3.25. The van der Waals surface area contributed by atoms with Crippen LogP contribution in [0.2, 0.25) is 0 Å².